The van der Waals surface area contributed by atoms with Crippen molar-refractivity contribution >= 4 is 11.6 Å². The van der Waals surface area contributed by atoms with Crippen molar-refractivity contribution in [1.82, 2.24) is 5.32 Å². The van der Waals surface area contributed by atoms with E-state index in [1.165, 1.54) is 42.4 Å². The fourth-order valence-electron chi connectivity index (χ4n) is 3.23. The van der Waals surface area contributed by atoms with Crippen LogP contribution in [0, 0.1) is 0 Å². The van der Waals surface area contributed by atoms with Crippen molar-refractivity contribution < 1.29 is 0 Å². The molecule has 0 amide bonds. The van der Waals surface area contributed by atoms with Crippen LogP contribution in [0.3, 0.4) is 0 Å². The molecule has 118 valence electrons. The molecule has 1 aliphatic rings. The predicted octanol–water partition coefficient (Wildman–Crippen LogP) is 5.32. The molecule has 23 heavy (non-hydrogen) atoms. The molecule has 0 aliphatic heterocycles. The van der Waals surface area contributed by atoms with Crippen molar-refractivity contribution in [2.24, 2.45) is 0 Å². The number of hydrogen-bond acceptors (Lipinski definition) is 1. The summed E-state index contributed by atoms with van der Waals surface area (Å²) in [7, 11) is 0. The van der Waals surface area contributed by atoms with Crippen LogP contribution in [0.2, 0.25) is 0 Å². The van der Waals surface area contributed by atoms with Gasteiger partial charge in [0.05, 0.1) is 0 Å². The Kier molecular flexibility index (Phi) is 5.44. The summed E-state index contributed by atoms with van der Waals surface area (Å²) >= 11 is 0. The zero-order chi connectivity index (χ0) is 15.9. The molecule has 1 heteroatoms. The topological polar surface area (TPSA) is 12.0 Å². The summed E-state index contributed by atoms with van der Waals surface area (Å²) in [5.41, 5.74) is 5.22. The van der Waals surface area contributed by atoms with Gasteiger partial charge >= 0.3 is 0 Å². The van der Waals surface area contributed by atoms with E-state index in [-0.39, 0.29) is 0 Å². The van der Waals surface area contributed by atoms with Crippen molar-refractivity contribution in [1.29, 1.82) is 0 Å². The van der Waals surface area contributed by atoms with Crippen LogP contribution in [0.4, 0.5) is 0 Å². The van der Waals surface area contributed by atoms with Crippen LogP contribution in [0.1, 0.15) is 36.8 Å². The fraction of sp³-hybridized carbons (Fsp3) is 0.273. The van der Waals surface area contributed by atoms with Gasteiger partial charge in [0.25, 0.3) is 0 Å². The molecule has 1 atom stereocenters. The SMILES string of the molecule is C=C(CNC1CCCCC1=Cc1ccccc1)c1ccccc1. The zero-order valence-corrected chi connectivity index (χ0v) is 13.7. The van der Waals surface area contributed by atoms with E-state index in [1.54, 1.807) is 0 Å². The lowest BCUT2D eigenvalue weighted by molar-refractivity contribution is 0.475. The molecule has 0 radical (unpaired) electrons. The lowest BCUT2D eigenvalue weighted by Gasteiger charge is -2.27. The third-order valence-electron chi connectivity index (χ3n) is 4.55. The zero-order valence-electron chi connectivity index (χ0n) is 13.7. The van der Waals surface area contributed by atoms with Crippen LogP contribution in [0.25, 0.3) is 11.6 Å². The molecule has 0 saturated heterocycles. The highest BCUT2D eigenvalue weighted by molar-refractivity contribution is 5.64. The summed E-state index contributed by atoms with van der Waals surface area (Å²) in [6, 6.07) is 21.6. The van der Waals surface area contributed by atoms with Gasteiger partial charge in [-0.15, -0.1) is 0 Å². The van der Waals surface area contributed by atoms with E-state index < -0.39 is 0 Å². The average molecular weight is 303 g/mol. The van der Waals surface area contributed by atoms with Gasteiger partial charge in [-0.2, -0.15) is 0 Å². The third kappa shape index (κ3) is 4.43. The van der Waals surface area contributed by atoms with Crippen LogP contribution in [-0.2, 0) is 0 Å². The molecular formula is C22H25N. The number of hydrogen-bond donors (Lipinski definition) is 1. The maximum Gasteiger partial charge on any atom is 0.0285 e. The van der Waals surface area contributed by atoms with Gasteiger partial charge < -0.3 is 5.32 Å². The lowest BCUT2D eigenvalue weighted by atomic mass is 9.88. The summed E-state index contributed by atoms with van der Waals surface area (Å²) in [5.74, 6) is 0. The maximum absolute atomic E-state index is 4.24. The minimum Gasteiger partial charge on any atom is -0.306 e. The number of nitrogens with one attached hydrogen (secondary N) is 1. The summed E-state index contributed by atoms with van der Waals surface area (Å²) in [5, 5.41) is 3.72. The molecular weight excluding hydrogens is 278 g/mol. The molecule has 1 unspecified atom stereocenters. The Bertz CT molecular complexity index is 655. The number of benzene rings is 2. The largest absolute Gasteiger partial charge is 0.306 e. The van der Waals surface area contributed by atoms with E-state index in [9.17, 15) is 0 Å². The van der Waals surface area contributed by atoms with Crippen molar-refractivity contribution in [3.8, 4) is 0 Å². The molecule has 1 aliphatic carbocycles. The first-order valence-electron chi connectivity index (χ1n) is 8.55. The van der Waals surface area contributed by atoms with E-state index in [0.717, 1.165) is 12.1 Å². The summed E-state index contributed by atoms with van der Waals surface area (Å²) in [6.45, 7) is 5.08. The summed E-state index contributed by atoms with van der Waals surface area (Å²) in [6.07, 6.45) is 7.39. The van der Waals surface area contributed by atoms with Gasteiger partial charge in [0.15, 0.2) is 0 Å². The molecule has 3 rings (SSSR count). The van der Waals surface area contributed by atoms with Crippen molar-refractivity contribution in [2.45, 2.75) is 31.7 Å². The minimum atomic E-state index is 0.476. The Morgan fingerprint density at radius 1 is 1.00 bits per heavy atom. The highest BCUT2D eigenvalue weighted by atomic mass is 14.9. The standard InChI is InChI=1S/C22H25N/c1-18(20-12-6-3-7-13-20)17-23-22-15-9-8-14-21(22)16-19-10-4-2-5-11-19/h2-7,10-13,16,22-23H,1,8-9,14-15,17H2. The van der Waals surface area contributed by atoms with E-state index in [2.05, 4.69) is 72.6 Å². The van der Waals surface area contributed by atoms with Gasteiger partial charge in [-0.3, -0.25) is 0 Å². The van der Waals surface area contributed by atoms with Crippen molar-refractivity contribution in [3.63, 3.8) is 0 Å². The molecule has 0 aromatic heterocycles. The van der Waals surface area contributed by atoms with Gasteiger partial charge in [0.1, 0.15) is 0 Å². The summed E-state index contributed by atoms with van der Waals surface area (Å²) < 4.78 is 0. The monoisotopic (exact) mass is 303 g/mol. The van der Waals surface area contributed by atoms with E-state index >= 15 is 0 Å². The predicted molar refractivity (Wildman–Crippen MR) is 100 cm³/mol. The van der Waals surface area contributed by atoms with E-state index in [4.69, 9.17) is 0 Å². The van der Waals surface area contributed by atoms with E-state index in [1.807, 2.05) is 6.07 Å². The fourth-order valence-corrected chi connectivity index (χ4v) is 3.23. The lowest BCUT2D eigenvalue weighted by Crippen LogP contribution is -2.34. The number of rotatable bonds is 5. The minimum absolute atomic E-state index is 0.476. The van der Waals surface area contributed by atoms with Gasteiger partial charge in [-0.25, -0.2) is 0 Å². The molecule has 1 nitrogen and oxygen atoms in total. The van der Waals surface area contributed by atoms with Crippen molar-refractivity contribution in [3.05, 3.63) is 83.9 Å². The highest BCUT2D eigenvalue weighted by Gasteiger charge is 2.18. The average Bonchev–Trinajstić information content (AvgIpc) is 2.62. The molecule has 0 spiro atoms. The quantitative estimate of drug-likeness (QED) is 0.788. The third-order valence-corrected chi connectivity index (χ3v) is 4.55. The Balaban J connectivity index is 1.65. The van der Waals surface area contributed by atoms with Crippen LogP contribution in [-0.4, -0.2) is 12.6 Å². The summed E-state index contributed by atoms with van der Waals surface area (Å²) in [4.78, 5) is 0. The van der Waals surface area contributed by atoms with Gasteiger partial charge in [-0.1, -0.05) is 85.3 Å². The van der Waals surface area contributed by atoms with Crippen molar-refractivity contribution in [2.75, 3.05) is 6.54 Å². The van der Waals surface area contributed by atoms with Crippen LogP contribution >= 0.6 is 0 Å². The van der Waals surface area contributed by atoms with Gasteiger partial charge in [-0.05, 0) is 36.0 Å². The Morgan fingerprint density at radius 2 is 1.70 bits per heavy atom. The first-order chi connectivity index (χ1) is 11.3. The molecule has 0 heterocycles. The molecule has 1 saturated carbocycles. The highest BCUT2D eigenvalue weighted by Crippen LogP contribution is 2.26. The Morgan fingerprint density at radius 3 is 2.43 bits per heavy atom. The van der Waals surface area contributed by atoms with Crippen LogP contribution in [0.5, 0.6) is 0 Å². The normalized spacial score (nSPS) is 19.7. The van der Waals surface area contributed by atoms with Crippen LogP contribution < -0.4 is 5.32 Å². The molecule has 0 bridgehead atoms. The molecule has 1 N–H and O–H groups in total. The van der Waals surface area contributed by atoms with Crippen LogP contribution in [0.15, 0.2) is 72.8 Å². The maximum atomic E-state index is 4.24. The second-order valence-corrected chi connectivity index (χ2v) is 6.28. The Hall–Kier alpha value is -2.12. The van der Waals surface area contributed by atoms with E-state index in [0.29, 0.717) is 6.04 Å². The molecule has 2 aromatic rings. The molecule has 2 aromatic carbocycles. The Labute approximate surface area is 139 Å². The molecule has 1 fully saturated rings. The second-order valence-electron chi connectivity index (χ2n) is 6.28. The van der Waals surface area contributed by atoms with Gasteiger partial charge in [0.2, 0.25) is 0 Å². The first-order valence-corrected chi connectivity index (χ1v) is 8.55. The smallest absolute Gasteiger partial charge is 0.0285 e. The second kappa shape index (κ2) is 7.94. The van der Waals surface area contributed by atoms with Gasteiger partial charge in [0, 0.05) is 12.6 Å². The first kappa shape index (κ1) is 15.8.